The first kappa shape index (κ1) is 16.9. The predicted molar refractivity (Wildman–Crippen MR) is 74.6 cm³/mol. The number of sulfonamides is 1. The Balaban J connectivity index is 2.78. The van der Waals surface area contributed by atoms with Crippen molar-refractivity contribution >= 4 is 21.6 Å². The Morgan fingerprint density at radius 3 is 2.57 bits per heavy atom. The molecule has 21 heavy (non-hydrogen) atoms. The summed E-state index contributed by atoms with van der Waals surface area (Å²) in [4.78, 5) is 21.6. The molecule has 10 heteroatoms. The van der Waals surface area contributed by atoms with Crippen molar-refractivity contribution in [1.29, 1.82) is 0 Å². The van der Waals surface area contributed by atoms with Crippen LogP contribution in [0.1, 0.15) is 10.4 Å². The quantitative estimate of drug-likeness (QED) is 0.557. The van der Waals surface area contributed by atoms with Crippen LogP contribution in [0.5, 0.6) is 5.75 Å². The second-order valence-electron chi connectivity index (χ2n) is 4.28. The first-order valence-corrected chi connectivity index (χ1v) is 7.42. The van der Waals surface area contributed by atoms with Crippen LogP contribution >= 0.6 is 0 Å². The first-order valence-electron chi connectivity index (χ1n) is 5.81. The van der Waals surface area contributed by atoms with Crippen molar-refractivity contribution in [3.05, 3.63) is 33.9 Å². The van der Waals surface area contributed by atoms with Gasteiger partial charge in [-0.05, 0) is 6.07 Å². The van der Waals surface area contributed by atoms with Gasteiger partial charge in [0, 0.05) is 26.7 Å². The number of nitro groups is 1. The van der Waals surface area contributed by atoms with E-state index in [-0.39, 0.29) is 17.9 Å². The van der Waals surface area contributed by atoms with Crippen LogP contribution in [-0.4, -0.2) is 55.1 Å². The molecule has 0 aliphatic carbocycles. The molecule has 0 heterocycles. The Morgan fingerprint density at radius 2 is 2.05 bits per heavy atom. The fourth-order valence-corrected chi connectivity index (χ4v) is 2.16. The standard InChI is InChI=1S/C11H15N3O6S/c1-13(2)21(19,20)7-6-12-11(16)8-4-3-5-9(10(8)15)14(17)18/h3-5,15H,6-7H2,1-2H3,(H,12,16). The monoisotopic (exact) mass is 317 g/mol. The molecule has 0 atom stereocenters. The summed E-state index contributed by atoms with van der Waals surface area (Å²) >= 11 is 0. The van der Waals surface area contributed by atoms with Crippen LogP contribution in [-0.2, 0) is 10.0 Å². The van der Waals surface area contributed by atoms with Crippen LogP contribution in [0.15, 0.2) is 18.2 Å². The second-order valence-corrected chi connectivity index (χ2v) is 6.59. The fraction of sp³-hybridized carbons (Fsp3) is 0.364. The number of nitrogens with one attached hydrogen (secondary N) is 1. The minimum Gasteiger partial charge on any atom is -0.502 e. The van der Waals surface area contributed by atoms with Crippen LogP contribution in [0.2, 0.25) is 0 Å². The number of benzene rings is 1. The van der Waals surface area contributed by atoms with Gasteiger partial charge in [-0.2, -0.15) is 0 Å². The number of carbonyl (C=O) groups is 1. The summed E-state index contributed by atoms with van der Waals surface area (Å²) in [6.07, 6.45) is 0. The lowest BCUT2D eigenvalue weighted by Gasteiger charge is -2.11. The Hall–Kier alpha value is -2.20. The molecule has 0 saturated heterocycles. The topological polar surface area (TPSA) is 130 Å². The van der Waals surface area contributed by atoms with E-state index in [4.69, 9.17) is 0 Å². The molecule has 0 bridgehead atoms. The largest absolute Gasteiger partial charge is 0.502 e. The maximum Gasteiger partial charge on any atom is 0.311 e. The summed E-state index contributed by atoms with van der Waals surface area (Å²) in [5.41, 5.74) is -0.880. The van der Waals surface area contributed by atoms with Crippen LogP contribution in [0.4, 0.5) is 5.69 Å². The van der Waals surface area contributed by atoms with Gasteiger partial charge in [-0.1, -0.05) is 6.07 Å². The summed E-state index contributed by atoms with van der Waals surface area (Å²) in [7, 11) is -0.731. The Labute approximate surface area is 121 Å². The number of carbonyl (C=O) groups excluding carboxylic acids is 1. The van der Waals surface area contributed by atoms with Gasteiger partial charge in [0.2, 0.25) is 15.8 Å². The van der Waals surface area contributed by atoms with E-state index in [1.807, 2.05) is 0 Å². The molecule has 1 aromatic rings. The molecule has 0 saturated carbocycles. The molecular formula is C11H15N3O6S. The molecule has 9 nitrogen and oxygen atoms in total. The van der Waals surface area contributed by atoms with Gasteiger partial charge in [0.1, 0.15) is 0 Å². The van der Waals surface area contributed by atoms with Gasteiger partial charge in [0.05, 0.1) is 16.2 Å². The van der Waals surface area contributed by atoms with Crippen molar-refractivity contribution < 1.29 is 23.2 Å². The molecule has 1 amide bonds. The number of hydrogen-bond acceptors (Lipinski definition) is 6. The second kappa shape index (κ2) is 6.50. The number of nitrogens with zero attached hydrogens (tertiary/aromatic N) is 2. The van der Waals surface area contributed by atoms with Gasteiger partial charge in [0.25, 0.3) is 5.91 Å². The Morgan fingerprint density at radius 1 is 1.43 bits per heavy atom. The number of rotatable bonds is 6. The first-order chi connectivity index (χ1) is 9.66. The van der Waals surface area contributed by atoms with E-state index < -0.39 is 32.3 Å². The van der Waals surface area contributed by atoms with Gasteiger partial charge in [-0.15, -0.1) is 0 Å². The molecule has 2 N–H and O–H groups in total. The summed E-state index contributed by atoms with van der Waals surface area (Å²) in [5, 5.41) is 22.6. The lowest BCUT2D eigenvalue weighted by atomic mass is 10.1. The molecule has 1 aromatic carbocycles. The van der Waals surface area contributed by atoms with Gasteiger partial charge in [-0.3, -0.25) is 14.9 Å². The maximum absolute atomic E-state index is 11.8. The van der Waals surface area contributed by atoms with Crippen LogP contribution in [0, 0.1) is 10.1 Å². The molecule has 0 fully saturated rings. The highest BCUT2D eigenvalue weighted by atomic mass is 32.2. The van der Waals surface area contributed by atoms with Crippen molar-refractivity contribution in [2.24, 2.45) is 0 Å². The molecule has 0 radical (unpaired) electrons. The minimum atomic E-state index is -3.46. The predicted octanol–water partition coefficient (Wildman–Crippen LogP) is -0.0784. The number of phenols is 1. The van der Waals surface area contributed by atoms with Gasteiger partial charge in [-0.25, -0.2) is 12.7 Å². The van der Waals surface area contributed by atoms with Crippen molar-refractivity contribution in [3.8, 4) is 5.75 Å². The third-order valence-electron chi connectivity index (χ3n) is 2.66. The highest BCUT2D eigenvalue weighted by Crippen LogP contribution is 2.28. The lowest BCUT2D eigenvalue weighted by Crippen LogP contribution is -2.33. The molecule has 0 aliphatic heterocycles. The summed E-state index contributed by atoms with van der Waals surface area (Å²) in [6, 6.07) is 3.52. The van der Waals surface area contributed by atoms with Crippen molar-refractivity contribution in [2.45, 2.75) is 0 Å². The summed E-state index contributed by atoms with van der Waals surface area (Å²) in [6.45, 7) is -0.179. The van der Waals surface area contributed by atoms with E-state index >= 15 is 0 Å². The minimum absolute atomic E-state index is 0.179. The van der Waals surface area contributed by atoms with Crippen LogP contribution in [0.25, 0.3) is 0 Å². The van der Waals surface area contributed by atoms with E-state index in [2.05, 4.69) is 5.32 Å². The van der Waals surface area contributed by atoms with Crippen LogP contribution < -0.4 is 5.32 Å². The summed E-state index contributed by atoms with van der Waals surface area (Å²) in [5.74, 6) is -1.86. The van der Waals surface area contributed by atoms with Gasteiger partial charge >= 0.3 is 5.69 Å². The molecular weight excluding hydrogens is 302 g/mol. The highest BCUT2D eigenvalue weighted by molar-refractivity contribution is 7.89. The molecule has 0 aliphatic rings. The van der Waals surface area contributed by atoms with Crippen molar-refractivity contribution in [1.82, 2.24) is 9.62 Å². The van der Waals surface area contributed by atoms with Gasteiger partial charge in [0.15, 0.2) is 0 Å². The molecule has 0 spiro atoms. The SMILES string of the molecule is CN(C)S(=O)(=O)CCNC(=O)c1cccc([N+](=O)[O-])c1O. The zero-order chi connectivity index (χ0) is 16.2. The van der Waals surface area contributed by atoms with E-state index in [0.29, 0.717) is 0 Å². The van der Waals surface area contributed by atoms with E-state index in [1.165, 1.54) is 26.2 Å². The van der Waals surface area contributed by atoms with E-state index in [0.717, 1.165) is 10.4 Å². The van der Waals surface area contributed by atoms with Crippen molar-refractivity contribution in [2.75, 3.05) is 26.4 Å². The zero-order valence-electron chi connectivity index (χ0n) is 11.4. The number of nitro benzene ring substituents is 1. The zero-order valence-corrected chi connectivity index (χ0v) is 12.3. The number of para-hydroxylation sites is 1. The summed E-state index contributed by atoms with van der Waals surface area (Å²) < 4.78 is 24.0. The molecule has 0 unspecified atom stereocenters. The Kier molecular flexibility index (Phi) is 5.22. The normalized spacial score (nSPS) is 11.4. The number of aromatic hydroxyl groups is 1. The lowest BCUT2D eigenvalue weighted by molar-refractivity contribution is -0.385. The number of amides is 1. The highest BCUT2D eigenvalue weighted by Gasteiger charge is 2.21. The fourth-order valence-electron chi connectivity index (χ4n) is 1.43. The maximum atomic E-state index is 11.8. The average Bonchev–Trinajstić information content (AvgIpc) is 2.37. The number of hydrogen-bond donors (Lipinski definition) is 2. The third-order valence-corrected chi connectivity index (χ3v) is 4.49. The molecule has 1 rings (SSSR count). The smallest absolute Gasteiger partial charge is 0.311 e. The molecule has 116 valence electrons. The Bertz CT molecular complexity index is 656. The van der Waals surface area contributed by atoms with E-state index in [9.17, 15) is 28.4 Å². The molecule has 0 aromatic heterocycles. The van der Waals surface area contributed by atoms with E-state index in [1.54, 1.807) is 0 Å². The average molecular weight is 317 g/mol. The van der Waals surface area contributed by atoms with Crippen LogP contribution in [0.3, 0.4) is 0 Å². The van der Waals surface area contributed by atoms with Gasteiger partial charge < -0.3 is 10.4 Å². The number of phenolic OH excluding ortho intramolecular Hbond substituents is 1. The van der Waals surface area contributed by atoms with Crippen molar-refractivity contribution in [3.63, 3.8) is 0 Å². The third kappa shape index (κ3) is 4.13.